The van der Waals surface area contributed by atoms with Crippen molar-refractivity contribution in [1.29, 1.82) is 0 Å². The highest BCUT2D eigenvalue weighted by Gasteiger charge is 1.79. The summed E-state index contributed by atoms with van der Waals surface area (Å²) in [6.45, 7) is 7.71. The first kappa shape index (κ1) is 8.15. The van der Waals surface area contributed by atoms with E-state index in [2.05, 4.69) is 11.6 Å². The second kappa shape index (κ2) is 4.07. The third-order valence-electron chi connectivity index (χ3n) is 0.807. The normalized spacial score (nSPS) is 12.6. The van der Waals surface area contributed by atoms with Gasteiger partial charge in [-0.05, 0) is 19.4 Å². The molecule has 0 spiro atoms. The van der Waals surface area contributed by atoms with Crippen LogP contribution in [0, 0.1) is 0 Å². The van der Waals surface area contributed by atoms with Crippen LogP contribution in [0.5, 0.6) is 0 Å². The summed E-state index contributed by atoms with van der Waals surface area (Å²) in [5.41, 5.74) is 2.21. The van der Waals surface area contributed by atoms with E-state index in [1.165, 1.54) is 0 Å². The monoisotopic (exact) mass is 123 g/mol. The molecule has 0 fully saturated rings. The van der Waals surface area contributed by atoms with E-state index in [0.29, 0.717) is 0 Å². The fraction of sp³-hybridized carbons (Fsp3) is 0.375. The Morgan fingerprint density at radius 1 is 1.44 bits per heavy atom. The van der Waals surface area contributed by atoms with Crippen LogP contribution < -0.4 is 0 Å². The van der Waals surface area contributed by atoms with Crippen LogP contribution in [0.4, 0.5) is 0 Å². The average molecular weight is 123 g/mol. The number of hydrogen-bond acceptors (Lipinski definition) is 1. The van der Waals surface area contributed by atoms with Crippen molar-refractivity contribution in [3.05, 3.63) is 23.8 Å². The maximum atomic E-state index is 3.85. The number of allylic oxidation sites excluding steroid dienone is 3. The molecule has 50 valence electrons. The van der Waals surface area contributed by atoms with Crippen LogP contribution in [0.3, 0.4) is 0 Å². The van der Waals surface area contributed by atoms with E-state index in [9.17, 15) is 0 Å². The summed E-state index contributed by atoms with van der Waals surface area (Å²) in [6.07, 6.45) is 3.81. The fourth-order valence-corrected chi connectivity index (χ4v) is 0.630. The zero-order valence-electron chi connectivity index (χ0n) is 6.31. The molecule has 0 aliphatic heterocycles. The van der Waals surface area contributed by atoms with E-state index in [1.807, 2.05) is 26.1 Å². The highest BCUT2D eigenvalue weighted by Crippen LogP contribution is 1.94. The third-order valence-corrected chi connectivity index (χ3v) is 0.807. The van der Waals surface area contributed by atoms with Crippen LogP contribution in [0.2, 0.25) is 0 Å². The molecule has 0 N–H and O–H groups in total. The Hall–Kier alpha value is -0.850. The van der Waals surface area contributed by atoms with Crippen molar-refractivity contribution in [1.82, 2.24) is 0 Å². The quantitative estimate of drug-likeness (QED) is 0.394. The Morgan fingerprint density at radius 2 is 2.00 bits per heavy atom. The molecule has 0 saturated carbocycles. The summed E-state index contributed by atoms with van der Waals surface area (Å²) < 4.78 is 0. The number of hydrogen-bond donors (Lipinski definition) is 0. The summed E-state index contributed by atoms with van der Waals surface area (Å²) in [5, 5.41) is 0. The molecule has 0 heterocycles. The lowest BCUT2D eigenvalue weighted by atomic mass is 10.2. The molecular formula is C8H13N. The average Bonchev–Trinajstić information content (AvgIpc) is 1.63. The molecule has 1 nitrogen and oxygen atoms in total. The summed E-state index contributed by atoms with van der Waals surface area (Å²) in [7, 11) is 1.76. The van der Waals surface area contributed by atoms with Crippen molar-refractivity contribution in [2.24, 2.45) is 4.99 Å². The largest absolute Gasteiger partial charge is 0.296 e. The standard InChI is InChI=1S/C8H13N/c1-7(2)5-8(3)6-9-4/h5-6H,1H2,2-4H3/b8-5-,9-6?. The Morgan fingerprint density at radius 3 is 2.33 bits per heavy atom. The van der Waals surface area contributed by atoms with Gasteiger partial charge in [-0.2, -0.15) is 0 Å². The van der Waals surface area contributed by atoms with Gasteiger partial charge >= 0.3 is 0 Å². The van der Waals surface area contributed by atoms with Crippen LogP contribution in [-0.4, -0.2) is 13.3 Å². The third kappa shape index (κ3) is 5.01. The van der Waals surface area contributed by atoms with Crippen LogP contribution in [0.1, 0.15) is 13.8 Å². The first-order valence-corrected chi connectivity index (χ1v) is 2.92. The Bertz CT molecular complexity index is 152. The van der Waals surface area contributed by atoms with Gasteiger partial charge in [0.05, 0.1) is 0 Å². The van der Waals surface area contributed by atoms with Gasteiger partial charge in [0.15, 0.2) is 0 Å². The van der Waals surface area contributed by atoms with Gasteiger partial charge in [-0.3, -0.25) is 4.99 Å². The second-order valence-electron chi connectivity index (χ2n) is 2.12. The maximum Gasteiger partial charge on any atom is 0.0277 e. The number of rotatable bonds is 2. The number of aliphatic imine (C=N–C) groups is 1. The van der Waals surface area contributed by atoms with Crippen LogP contribution >= 0.6 is 0 Å². The van der Waals surface area contributed by atoms with Gasteiger partial charge in [0, 0.05) is 13.3 Å². The molecule has 0 aromatic rings. The molecule has 0 amide bonds. The molecule has 0 aromatic heterocycles. The zero-order chi connectivity index (χ0) is 7.28. The first-order chi connectivity index (χ1) is 4.16. The minimum atomic E-state index is 1.06. The SMILES string of the molecule is C=C(C)/C=C(/C)C=NC. The molecule has 0 radical (unpaired) electrons. The van der Waals surface area contributed by atoms with Crippen molar-refractivity contribution in [2.45, 2.75) is 13.8 Å². The van der Waals surface area contributed by atoms with Gasteiger partial charge in [-0.1, -0.05) is 18.2 Å². The predicted octanol–water partition coefficient (Wildman–Crippen LogP) is 2.21. The van der Waals surface area contributed by atoms with Gasteiger partial charge in [0.25, 0.3) is 0 Å². The smallest absolute Gasteiger partial charge is 0.0277 e. The van der Waals surface area contributed by atoms with Gasteiger partial charge in [-0.25, -0.2) is 0 Å². The maximum absolute atomic E-state index is 3.85. The van der Waals surface area contributed by atoms with E-state index in [-0.39, 0.29) is 0 Å². The first-order valence-electron chi connectivity index (χ1n) is 2.92. The van der Waals surface area contributed by atoms with Crippen LogP contribution in [0.25, 0.3) is 0 Å². The lowest BCUT2D eigenvalue weighted by molar-refractivity contribution is 1.43. The fourth-order valence-electron chi connectivity index (χ4n) is 0.630. The van der Waals surface area contributed by atoms with Crippen LogP contribution in [-0.2, 0) is 0 Å². The summed E-state index contributed by atoms with van der Waals surface area (Å²) in [4.78, 5) is 3.85. The molecular weight excluding hydrogens is 110 g/mol. The van der Waals surface area contributed by atoms with Crippen molar-refractivity contribution in [3.8, 4) is 0 Å². The van der Waals surface area contributed by atoms with Crippen molar-refractivity contribution in [3.63, 3.8) is 0 Å². The van der Waals surface area contributed by atoms with E-state index in [0.717, 1.165) is 11.1 Å². The Labute approximate surface area is 56.8 Å². The lowest BCUT2D eigenvalue weighted by Crippen LogP contribution is -1.76. The summed E-state index contributed by atoms with van der Waals surface area (Å²) in [5.74, 6) is 0. The summed E-state index contributed by atoms with van der Waals surface area (Å²) >= 11 is 0. The van der Waals surface area contributed by atoms with Gasteiger partial charge < -0.3 is 0 Å². The molecule has 0 aliphatic rings. The second-order valence-corrected chi connectivity index (χ2v) is 2.12. The highest BCUT2D eigenvalue weighted by molar-refractivity contribution is 5.78. The highest BCUT2D eigenvalue weighted by atomic mass is 14.6. The molecule has 9 heavy (non-hydrogen) atoms. The Balaban J connectivity index is 4.00. The summed E-state index contributed by atoms with van der Waals surface area (Å²) in [6, 6.07) is 0. The van der Waals surface area contributed by atoms with Gasteiger partial charge in [-0.15, -0.1) is 0 Å². The predicted molar refractivity (Wildman–Crippen MR) is 43.0 cm³/mol. The van der Waals surface area contributed by atoms with Crippen molar-refractivity contribution in [2.75, 3.05) is 7.05 Å². The van der Waals surface area contributed by atoms with E-state index in [1.54, 1.807) is 7.05 Å². The zero-order valence-corrected chi connectivity index (χ0v) is 6.31. The van der Waals surface area contributed by atoms with Crippen molar-refractivity contribution >= 4 is 6.21 Å². The van der Waals surface area contributed by atoms with Gasteiger partial charge in [0.2, 0.25) is 0 Å². The molecule has 0 rings (SSSR count). The number of nitrogens with zero attached hydrogens (tertiary/aromatic N) is 1. The molecule has 0 atom stereocenters. The molecule has 0 saturated heterocycles. The Kier molecular flexibility index (Phi) is 3.69. The van der Waals surface area contributed by atoms with E-state index < -0.39 is 0 Å². The minimum Gasteiger partial charge on any atom is -0.296 e. The molecule has 0 aromatic carbocycles. The lowest BCUT2D eigenvalue weighted by Gasteiger charge is -1.88. The molecule has 1 heteroatoms. The molecule has 0 unspecified atom stereocenters. The minimum absolute atomic E-state index is 1.06. The van der Waals surface area contributed by atoms with Crippen LogP contribution in [0.15, 0.2) is 28.8 Å². The topological polar surface area (TPSA) is 12.4 Å². The molecule has 0 aliphatic carbocycles. The van der Waals surface area contributed by atoms with E-state index in [4.69, 9.17) is 0 Å². The molecule has 0 bridgehead atoms. The van der Waals surface area contributed by atoms with E-state index >= 15 is 0 Å². The van der Waals surface area contributed by atoms with Gasteiger partial charge in [0.1, 0.15) is 0 Å². The van der Waals surface area contributed by atoms with Crippen molar-refractivity contribution < 1.29 is 0 Å².